The summed E-state index contributed by atoms with van der Waals surface area (Å²) in [4.78, 5) is 24.6. The third kappa shape index (κ3) is 1.99. The number of halogens is 2. The van der Waals surface area contributed by atoms with E-state index >= 15 is 0 Å². The molecule has 2 rings (SSSR count). The van der Waals surface area contributed by atoms with E-state index in [2.05, 4.69) is 0 Å². The molecular formula is C11H14ClFN2O3. The zero-order valence-electron chi connectivity index (χ0n) is 10.0. The minimum absolute atomic E-state index is 0.365. The number of nitrogens with one attached hydrogen (secondary N) is 1. The van der Waals surface area contributed by atoms with Crippen molar-refractivity contribution in [3.63, 3.8) is 0 Å². The Bertz CT molecular complexity index is 554. The molecule has 0 spiro atoms. The average Bonchev–Trinajstić information content (AvgIpc) is 2.52. The van der Waals surface area contributed by atoms with Crippen LogP contribution in [0.1, 0.15) is 26.5 Å². The summed E-state index contributed by atoms with van der Waals surface area (Å²) >= 11 is 5.86. The third-order valence-corrected chi connectivity index (χ3v) is 3.83. The molecule has 1 N–H and O–H groups in total. The second kappa shape index (κ2) is 4.51. The van der Waals surface area contributed by atoms with Crippen LogP contribution in [-0.4, -0.2) is 20.8 Å². The first-order valence-corrected chi connectivity index (χ1v) is 6.10. The molecule has 2 heterocycles. The molecule has 1 fully saturated rings. The van der Waals surface area contributed by atoms with Gasteiger partial charge in [-0.3, -0.25) is 14.3 Å². The summed E-state index contributed by atoms with van der Waals surface area (Å²) in [6.07, 6.45) is 0.182. The highest BCUT2D eigenvalue weighted by Crippen LogP contribution is 2.48. The van der Waals surface area contributed by atoms with E-state index in [4.69, 9.17) is 16.3 Å². The second-order valence-electron chi connectivity index (χ2n) is 4.42. The van der Waals surface area contributed by atoms with Gasteiger partial charge in [-0.1, -0.05) is 25.4 Å². The van der Waals surface area contributed by atoms with Gasteiger partial charge in [-0.2, -0.15) is 0 Å². The predicted octanol–water partition coefficient (Wildman–Crippen LogP) is 1.38. The monoisotopic (exact) mass is 276 g/mol. The van der Waals surface area contributed by atoms with Crippen molar-refractivity contribution in [1.29, 1.82) is 0 Å². The normalized spacial score (nSPS) is 35.9. The van der Waals surface area contributed by atoms with Gasteiger partial charge in [0.1, 0.15) is 0 Å². The smallest absolute Gasteiger partial charge is 0.330 e. The fourth-order valence-corrected chi connectivity index (χ4v) is 2.46. The number of hydrogen-bond donors (Lipinski definition) is 1. The maximum Gasteiger partial charge on any atom is 0.330 e. The minimum atomic E-state index is -2.18. The molecule has 1 aliphatic rings. The molecule has 0 aromatic carbocycles. The van der Waals surface area contributed by atoms with Crippen LogP contribution in [0.15, 0.2) is 21.9 Å². The zero-order chi connectivity index (χ0) is 13.5. The summed E-state index contributed by atoms with van der Waals surface area (Å²) in [5.41, 5.74) is -1.28. The van der Waals surface area contributed by atoms with E-state index < -0.39 is 28.5 Å². The summed E-state index contributed by atoms with van der Waals surface area (Å²) in [6, 6.07) is 1.13. The van der Waals surface area contributed by atoms with Crippen LogP contribution in [-0.2, 0) is 4.74 Å². The van der Waals surface area contributed by atoms with Crippen molar-refractivity contribution in [3.8, 4) is 0 Å². The second-order valence-corrected chi connectivity index (χ2v) is 5.00. The lowest BCUT2D eigenvalue weighted by Gasteiger charge is -2.23. The van der Waals surface area contributed by atoms with E-state index in [1.54, 1.807) is 6.92 Å². The SMILES string of the molecule is CC[C@H]1OC(n2ccc(=O)[nH]c2=O)[C@@](F)(Cl)[C@@H]1C. The van der Waals surface area contributed by atoms with Crippen molar-refractivity contribution in [2.24, 2.45) is 5.92 Å². The first-order chi connectivity index (χ1) is 8.37. The molecule has 0 saturated carbocycles. The number of alkyl halides is 2. The van der Waals surface area contributed by atoms with Crippen LogP contribution in [0, 0.1) is 5.92 Å². The number of H-pyrrole nitrogens is 1. The van der Waals surface area contributed by atoms with Crippen molar-refractivity contribution < 1.29 is 9.13 Å². The fourth-order valence-electron chi connectivity index (χ4n) is 2.16. The van der Waals surface area contributed by atoms with Gasteiger partial charge in [0.05, 0.1) is 6.10 Å². The number of ether oxygens (including phenoxy) is 1. The molecule has 1 aromatic rings. The molecule has 1 unspecified atom stereocenters. The molecule has 0 amide bonds. The minimum Gasteiger partial charge on any atom is -0.349 e. The Hall–Kier alpha value is -1.14. The molecule has 18 heavy (non-hydrogen) atoms. The molecule has 100 valence electrons. The van der Waals surface area contributed by atoms with Gasteiger partial charge in [-0.25, -0.2) is 9.18 Å². The summed E-state index contributed by atoms with van der Waals surface area (Å²) in [5, 5.41) is -2.18. The Morgan fingerprint density at radius 1 is 1.61 bits per heavy atom. The summed E-state index contributed by atoms with van der Waals surface area (Å²) < 4.78 is 20.9. The van der Waals surface area contributed by atoms with Gasteiger partial charge in [0.15, 0.2) is 6.23 Å². The van der Waals surface area contributed by atoms with Gasteiger partial charge >= 0.3 is 5.69 Å². The first kappa shape index (κ1) is 13.3. The fraction of sp³-hybridized carbons (Fsp3) is 0.636. The van der Waals surface area contributed by atoms with Crippen LogP contribution in [0.25, 0.3) is 0 Å². The van der Waals surface area contributed by atoms with Crippen LogP contribution in [0.4, 0.5) is 4.39 Å². The van der Waals surface area contributed by atoms with E-state index in [0.29, 0.717) is 6.42 Å². The van der Waals surface area contributed by atoms with Gasteiger partial charge in [-0.05, 0) is 6.42 Å². The number of nitrogens with zero attached hydrogens (tertiary/aromatic N) is 1. The summed E-state index contributed by atoms with van der Waals surface area (Å²) in [6.45, 7) is 3.49. The van der Waals surface area contributed by atoms with Crippen molar-refractivity contribution in [2.45, 2.75) is 37.7 Å². The zero-order valence-corrected chi connectivity index (χ0v) is 10.8. The van der Waals surface area contributed by atoms with E-state index in [-0.39, 0.29) is 6.10 Å². The number of aromatic amines is 1. The molecule has 1 aromatic heterocycles. The maximum atomic E-state index is 14.5. The molecule has 4 atom stereocenters. The van der Waals surface area contributed by atoms with Crippen molar-refractivity contribution >= 4 is 11.6 Å². The molecule has 7 heteroatoms. The van der Waals surface area contributed by atoms with Crippen LogP contribution in [0.3, 0.4) is 0 Å². The number of aromatic nitrogens is 2. The molecule has 0 aliphatic carbocycles. The highest BCUT2D eigenvalue weighted by Gasteiger charge is 2.55. The summed E-state index contributed by atoms with van der Waals surface area (Å²) in [5.74, 6) is -0.548. The predicted molar refractivity (Wildman–Crippen MR) is 64.4 cm³/mol. The lowest BCUT2D eigenvalue weighted by molar-refractivity contribution is -0.0322. The van der Waals surface area contributed by atoms with E-state index in [9.17, 15) is 14.0 Å². The topological polar surface area (TPSA) is 64.1 Å². The van der Waals surface area contributed by atoms with Gasteiger partial charge < -0.3 is 4.74 Å². The van der Waals surface area contributed by atoms with E-state index in [0.717, 1.165) is 10.6 Å². The van der Waals surface area contributed by atoms with Crippen molar-refractivity contribution in [3.05, 3.63) is 33.1 Å². The Morgan fingerprint density at radius 3 is 2.78 bits per heavy atom. The van der Waals surface area contributed by atoms with Crippen LogP contribution >= 0.6 is 11.6 Å². The van der Waals surface area contributed by atoms with Gasteiger partial charge in [0.2, 0.25) is 5.13 Å². The van der Waals surface area contributed by atoms with Gasteiger partial charge in [0, 0.05) is 18.2 Å². The quantitative estimate of drug-likeness (QED) is 0.830. The first-order valence-electron chi connectivity index (χ1n) is 5.72. The molecule has 5 nitrogen and oxygen atoms in total. The highest BCUT2D eigenvalue weighted by molar-refractivity contribution is 6.23. The van der Waals surface area contributed by atoms with E-state index in [1.165, 1.54) is 6.20 Å². The van der Waals surface area contributed by atoms with Gasteiger partial charge in [-0.15, -0.1) is 0 Å². The van der Waals surface area contributed by atoms with Crippen LogP contribution in [0.2, 0.25) is 0 Å². The van der Waals surface area contributed by atoms with Gasteiger partial charge in [0.25, 0.3) is 5.56 Å². The van der Waals surface area contributed by atoms with Crippen LogP contribution in [0.5, 0.6) is 0 Å². The Kier molecular flexibility index (Phi) is 3.33. The third-order valence-electron chi connectivity index (χ3n) is 3.30. The highest BCUT2D eigenvalue weighted by atomic mass is 35.5. The molecule has 0 radical (unpaired) electrons. The summed E-state index contributed by atoms with van der Waals surface area (Å²) in [7, 11) is 0. The lowest BCUT2D eigenvalue weighted by atomic mass is 9.99. The molecular weight excluding hydrogens is 263 g/mol. The van der Waals surface area contributed by atoms with Crippen molar-refractivity contribution in [2.75, 3.05) is 0 Å². The van der Waals surface area contributed by atoms with Crippen molar-refractivity contribution in [1.82, 2.24) is 9.55 Å². The Labute approximate surface area is 108 Å². The molecule has 1 aliphatic heterocycles. The largest absolute Gasteiger partial charge is 0.349 e. The number of rotatable bonds is 2. The molecule has 1 saturated heterocycles. The Morgan fingerprint density at radius 2 is 2.28 bits per heavy atom. The molecule has 0 bridgehead atoms. The Balaban J connectivity index is 2.45. The van der Waals surface area contributed by atoms with Crippen LogP contribution < -0.4 is 11.2 Å². The average molecular weight is 277 g/mol. The van der Waals surface area contributed by atoms with E-state index in [1.807, 2.05) is 11.9 Å². The maximum absolute atomic E-state index is 14.5. The standard InChI is InChI=1S/C11H14ClFN2O3/c1-3-7-6(2)11(12,13)9(18-7)15-5-4-8(16)14-10(15)17/h4-7,9H,3H2,1-2H3,(H,14,16,17)/t6-,7-,9?,11-/m1/s1. The number of hydrogen-bond acceptors (Lipinski definition) is 3. The lowest BCUT2D eigenvalue weighted by Crippen LogP contribution is -2.38.